The maximum absolute atomic E-state index is 12.5. The Hall–Kier alpha value is -3.25. The van der Waals surface area contributed by atoms with Crippen LogP contribution in [0.25, 0.3) is 0 Å². The molecule has 0 atom stereocenters. The highest BCUT2D eigenvalue weighted by atomic mass is 35.5. The summed E-state index contributed by atoms with van der Waals surface area (Å²) < 4.78 is 12.9. The molecule has 0 fully saturated rings. The van der Waals surface area contributed by atoms with Crippen LogP contribution in [0.5, 0.6) is 11.5 Å². The Morgan fingerprint density at radius 2 is 1.84 bits per heavy atom. The number of pyridine rings is 1. The van der Waals surface area contributed by atoms with Crippen LogP contribution in [0, 0.1) is 0 Å². The fraction of sp³-hybridized carbons (Fsp3) is 0.250. The van der Waals surface area contributed by atoms with E-state index in [0.717, 1.165) is 29.0 Å². The number of nitrogens with one attached hydrogen (secondary N) is 1. The molecule has 4 rings (SSSR count). The molecule has 1 N–H and O–H groups in total. The molecule has 0 aliphatic carbocycles. The summed E-state index contributed by atoms with van der Waals surface area (Å²) in [5.74, 6) is 1.34. The average molecular weight is 439 g/mol. The zero-order valence-corrected chi connectivity index (χ0v) is 17.7. The van der Waals surface area contributed by atoms with E-state index in [-0.39, 0.29) is 11.5 Å². The number of rotatable bonds is 6. The minimum atomic E-state index is -0.162. The molecule has 0 saturated carbocycles. The van der Waals surface area contributed by atoms with E-state index in [1.807, 2.05) is 36.4 Å². The van der Waals surface area contributed by atoms with Gasteiger partial charge in [-0.2, -0.15) is 0 Å². The Balaban J connectivity index is 1.38. The van der Waals surface area contributed by atoms with Crippen LogP contribution in [0.15, 0.2) is 65.6 Å². The maximum Gasteiger partial charge on any atom is 0.250 e. The smallest absolute Gasteiger partial charge is 0.250 e. The van der Waals surface area contributed by atoms with E-state index >= 15 is 0 Å². The molecule has 0 radical (unpaired) electrons. The fourth-order valence-corrected chi connectivity index (χ4v) is 3.58. The van der Waals surface area contributed by atoms with Gasteiger partial charge in [-0.1, -0.05) is 35.9 Å². The van der Waals surface area contributed by atoms with Crippen molar-refractivity contribution in [2.24, 2.45) is 0 Å². The molecular formula is C24H23ClN2O4. The van der Waals surface area contributed by atoms with Gasteiger partial charge < -0.3 is 19.4 Å². The number of hydrogen-bond acceptors (Lipinski definition) is 4. The van der Waals surface area contributed by atoms with Crippen LogP contribution in [-0.4, -0.2) is 23.7 Å². The molecule has 160 valence electrons. The summed E-state index contributed by atoms with van der Waals surface area (Å²) in [7, 11) is 0. The molecule has 7 heteroatoms. The topological polar surface area (TPSA) is 69.6 Å². The van der Waals surface area contributed by atoms with Crippen molar-refractivity contribution in [3.05, 3.63) is 87.3 Å². The molecule has 1 amide bonds. The zero-order valence-electron chi connectivity index (χ0n) is 17.0. The van der Waals surface area contributed by atoms with Crippen molar-refractivity contribution in [1.29, 1.82) is 0 Å². The van der Waals surface area contributed by atoms with Gasteiger partial charge in [-0.25, -0.2) is 0 Å². The predicted molar refractivity (Wildman–Crippen MR) is 120 cm³/mol. The van der Waals surface area contributed by atoms with E-state index in [9.17, 15) is 9.59 Å². The molecular weight excluding hydrogens is 416 g/mol. The number of aromatic nitrogens is 1. The minimum Gasteiger partial charge on any atom is -0.490 e. The summed E-state index contributed by atoms with van der Waals surface area (Å²) in [5.41, 5.74) is 2.24. The van der Waals surface area contributed by atoms with E-state index in [2.05, 4.69) is 5.32 Å². The van der Waals surface area contributed by atoms with Crippen molar-refractivity contribution in [1.82, 2.24) is 4.57 Å². The number of halogens is 1. The lowest BCUT2D eigenvalue weighted by Crippen LogP contribution is -2.21. The number of anilines is 1. The molecule has 2 heterocycles. The third-order valence-electron chi connectivity index (χ3n) is 5.02. The third kappa shape index (κ3) is 5.47. The van der Waals surface area contributed by atoms with Crippen molar-refractivity contribution in [3.63, 3.8) is 0 Å². The highest BCUT2D eigenvalue weighted by Gasteiger charge is 2.12. The van der Waals surface area contributed by atoms with Crippen molar-refractivity contribution in [3.8, 4) is 11.5 Å². The number of nitrogens with zero attached hydrogens (tertiary/aromatic N) is 1. The lowest BCUT2D eigenvalue weighted by molar-refractivity contribution is -0.116. The Morgan fingerprint density at radius 3 is 2.68 bits per heavy atom. The second-order valence-corrected chi connectivity index (χ2v) is 7.76. The molecule has 1 aromatic heterocycles. The molecule has 6 nitrogen and oxygen atoms in total. The number of ether oxygens (including phenoxy) is 2. The molecule has 0 unspecified atom stereocenters. The summed E-state index contributed by atoms with van der Waals surface area (Å²) in [6.45, 7) is 1.60. The Kier molecular flexibility index (Phi) is 6.57. The molecule has 0 bridgehead atoms. The van der Waals surface area contributed by atoms with Gasteiger partial charge in [-0.15, -0.1) is 0 Å². The summed E-state index contributed by atoms with van der Waals surface area (Å²) in [4.78, 5) is 24.7. The van der Waals surface area contributed by atoms with Crippen LogP contribution in [0.2, 0.25) is 5.02 Å². The van der Waals surface area contributed by atoms with Gasteiger partial charge >= 0.3 is 0 Å². The molecule has 31 heavy (non-hydrogen) atoms. The third-order valence-corrected chi connectivity index (χ3v) is 5.39. The van der Waals surface area contributed by atoms with Gasteiger partial charge in [0.1, 0.15) is 0 Å². The molecule has 0 spiro atoms. The van der Waals surface area contributed by atoms with E-state index < -0.39 is 0 Å². The van der Waals surface area contributed by atoms with Gasteiger partial charge in [-0.3, -0.25) is 9.59 Å². The van der Waals surface area contributed by atoms with Crippen LogP contribution >= 0.6 is 11.6 Å². The summed E-state index contributed by atoms with van der Waals surface area (Å²) >= 11 is 6.20. The monoisotopic (exact) mass is 438 g/mol. The van der Waals surface area contributed by atoms with Crippen molar-refractivity contribution in [2.45, 2.75) is 25.8 Å². The highest BCUT2D eigenvalue weighted by Crippen LogP contribution is 2.30. The van der Waals surface area contributed by atoms with Crippen LogP contribution in [0.3, 0.4) is 0 Å². The Bertz CT molecular complexity index is 1140. The fourth-order valence-electron chi connectivity index (χ4n) is 3.38. The quantitative estimate of drug-likeness (QED) is 0.623. The number of fused-ring (bicyclic) bond motifs is 1. The largest absolute Gasteiger partial charge is 0.490 e. The summed E-state index contributed by atoms with van der Waals surface area (Å²) in [6, 6.07) is 16.2. The molecule has 3 aromatic rings. The SMILES string of the molecule is O=C(CCc1ccc2c(c1)OCCCO2)Nc1ccc(=O)n(Cc2ccccc2Cl)c1. The number of carbonyl (C=O) groups is 1. The zero-order chi connectivity index (χ0) is 21.6. The first kappa shape index (κ1) is 21.0. The van der Waals surface area contributed by atoms with Crippen molar-refractivity contribution in [2.75, 3.05) is 18.5 Å². The molecule has 1 aliphatic rings. The van der Waals surface area contributed by atoms with Crippen LogP contribution in [0.4, 0.5) is 5.69 Å². The standard InChI is InChI=1S/C24H23ClN2O4/c25-20-5-2-1-4-18(20)15-27-16-19(8-11-24(27)29)26-23(28)10-7-17-6-9-21-22(14-17)31-13-3-12-30-21/h1-2,4-6,8-9,11,14,16H,3,7,10,12-13,15H2,(H,26,28). The summed E-state index contributed by atoms with van der Waals surface area (Å²) in [5, 5.41) is 3.46. The second kappa shape index (κ2) is 9.71. The lowest BCUT2D eigenvalue weighted by Gasteiger charge is -2.11. The van der Waals surface area contributed by atoms with Crippen molar-refractivity contribution < 1.29 is 14.3 Å². The van der Waals surface area contributed by atoms with E-state index in [4.69, 9.17) is 21.1 Å². The molecule has 2 aromatic carbocycles. The van der Waals surface area contributed by atoms with Crippen LogP contribution in [0.1, 0.15) is 24.0 Å². The number of carbonyl (C=O) groups excluding carboxylic acids is 1. The second-order valence-electron chi connectivity index (χ2n) is 7.36. The first-order chi connectivity index (χ1) is 15.1. The first-order valence-corrected chi connectivity index (χ1v) is 10.6. The van der Waals surface area contributed by atoms with Crippen molar-refractivity contribution >= 4 is 23.2 Å². The Labute approximate surface area is 185 Å². The van der Waals surface area contributed by atoms with Crippen LogP contribution in [-0.2, 0) is 17.8 Å². The van der Waals surface area contributed by atoms with E-state index in [1.54, 1.807) is 18.3 Å². The minimum absolute atomic E-state index is 0.130. The Morgan fingerprint density at radius 1 is 1.03 bits per heavy atom. The van der Waals surface area contributed by atoms with Gasteiger partial charge in [0.2, 0.25) is 5.91 Å². The van der Waals surface area contributed by atoms with Gasteiger partial charge in [0.05, 0.1) is 25.4 Å². The van der Waals surface area contributed by atoms with Gasteiger partial charge in [0, 0.05) is 30.1 Å². The van der Waals surface area contributed by atoms with Crippen LogP contribution < -0.4 is 20.3 Å². The molecule has 0 saturated heterocycles. The van der Waals surface area contributed by atoms with E-state index in [1.165, 1.54) is 10.6 Å². The number of benzene rings is 2. The normalized spacial score (nSPS) is 12.8. The van der Waals surface area contributed by atoms with Gasteiger partial charge in [0.15, 0.2) is 11.5 Å². The molecule has 1 aliphatic heterocycles. The van der Waals surface area contributed by atoms with Gasteiger partial charge in [-0.05, 0) is 41.8 Å². The number of hydrogen-bond donors (Lipinski definition) is 1. The summed E-state index contributed by atoms with van der Waals surface area (Å²) in [6.07, 6.45) is 3.37. The first-order valence-electron chi connectivity index (χ1n) is 10.2. The average Bonchev–Trinajstić information content (AvgIpc) is 3.01. The number of aryl methyl sites for hydroxylation is 1. The lowest BCUT2D eigenvalue weighted by atomic mass is 10.1. The number of amides is 1. The van der Waals surface area contributed by atoms with Gasteiger partial charge in [0.25, 0.3) is 5.56 Å². The maximum atomic E-state index is 12.5. The van der Waals surface area contributed by atoms with E-state index in [0.29, 0.717) is 43.3 Å². The highest BCUT2D eigenvalue weighted by molar-refractivity contribution is 6.31. The predicted octanol–water partition coefficient (Wildman–Crippen LogP) is 4.28.